The molecule has 1 saturated carbocycles. The highest BCUT2D eigenvalue weighted by molar-refractivity contribution is 6.55. The Hall–Kier alpha value is -0.960. The summed E-state index contributed by atoms with van der Waals surface area (Å²) in [5.41, 5.74) is 3.45. The largest absolute Gasteiger partial charge is 0.461 e. The van der Waals surface area contributed by atoms with Gasteiger partial charge < -0.3 is 4.74 Å². The van der Waals surface area contributed by atoms with Gasteiger partial charge in [0.2, 0.25) is 0 Å². The number of carbonyl (C=O) groups excluding carboxylic acids is 1. The zero-order valence-corrected chi connectivity index (χ0v) is 15.3. The highest BCUT2D eigenvalue weighted by Gasteiger charge is 2.61. The van der Waals surface area contributed by atoms with Gasteiger partial charge in [0.15, 0.2) is 0 Å². The molecule has 1 aliphatic rings. The molecule has 0 bridgehead atoms. The first kappa shape index (κ1) is 18.4. The van der Waals surface area contributed by atoms with Crippen LogP contribution in [0.1, 0.15) is 25.0 Å². The van der Waals surface area contributed by atoms with E-state index in [4.69, 9.17) is 39.5 Å². The number of hydrogen-bond donors (Lipinski definition) is 0. The summed E-state index contributed by atoms with van der Waals surface area (Å²) in [5, 5.41) is 0. The molecule has 0 heterocycles. The lowest BCUT2D eigenvalue weighted by Gasteiger charge is -2.06. The Labute approximate surface area is 152 Å². The molecule has 0 aromatic heterocycles. The maximum atomic E-state index is 12.2. The predicted octanol–water partition coefficient (Wildman–Crippen LogP) is 5.62. The molecule has 1 aromatic carbocycles. The van der Waals surface area contributed by atoms with E-state index in [0.29, 0.717) is 0 Å². The number of halogens is 3. The van der Waals surface area contributed by atoms with Gasteiger partial charge in [0.25, 0.3) is 0 Å². The Morgan fingerprint density at radius 3 is 2.39 bits per heavy atom. The number of esters is 1. The maximum Gasteiger partial charge on any atom is 0.310 e. The molecule has 1 aromatic rings. The average molecular weight is 374 g/mol. The zero-order chi connectivity index (χ0) is 17.0. The molecule has 0 amide bonds. The van der Waals surface area contributed by atoms with E-state index in [2.05, 4.69) is 0 Å². The quantitative estimate of drug-likeness (QED) is 0.605. The fourth-order valence-corrected chi connectivity index (χ4v) is 3.13. The van der Waals surface area contributed by atoms with E-state index < -0.39 is 0 Å². The second kappa shape index (κ2) is 7.74. The molecule has 5 heteroatoms. The van der Waals surface area contributed by atoms with E-state index in [1.54, 1.807) is 6.08 Å². The fourth-order valence-electron chi connectivity index (χ4n) is 2.77. The van der Waals surface area contributed by atoms with Crippen LogP contribution in [0.25, 0.3) is 0 Å². The summed E-state index contributed by atoms with van der Waals surface area (Å²) in [5.74, 6) is -0.368. The molecule has 0 saturated heterocycles. The van der Waals surface area contributed by atoms with Gasteiger partial charge in [0, 0.05) is 5.54 Å². The van der Waals surface area contributed by atoms with Crippen LogP contribution in [0.3, 0.4) is 0 Å². The first-order valence-electron chi connectivity index (χ1n) is 7.38. The third-order valence-corrected chi connectivity index (χ3v) is 4.75. The van der Waals surface area contributed by atoms with Crippen molar-refractivity contribution in [2.24, 2.45) is 17.3 Å². The van der Waals surface area contributed by atoms with E-state index in [1.807, 2.05) is 44.2 Å². The Kier molecular flexibility index (Phi) is 6.19. The lowest BCUT2D eigenvalue weighted by atomic mass is 10.1. The van der Waals surface area contributed by atoms with Crippen LogP contribution in [0.5, 0.6) is 0 Å². The molecule has 0 N–H and O–H groups in total. The molecule has 1 fully saturated rings. The van der Waals surface area contributed by atoms with E-state index in [-0.39, 0.29) is 34.3 Å². The van der Waals surface area contributed by atoms with E-state index >= 15 is 0 Å². The van der Waals surface area contributed by atoms with Crippen molar-refractivity contribution in [3.05, 3.63) is 57.6 Å². The molecule has 0 aliphatic heterocycles. The molecule has 2 unspecified atom stereocenters. The second-order valence-electron chi connectivity index (χ2n) is 6.27. The number of ether oxygens (including phenoxy) is 1. The first-order valence-corrected chi connectivity index (χ1v) is 8.58. The summed E-state index contributed by atoms with van der Waals surface area (Å²) in [4.78, 5) is 12.2. The van der Waals surface area contributed by atoms with Crippen molar-refractivity contribution >= 4 is 40.8 Å². The van der Waals surface area contributed by atoms with Crippen LogP contribution in [0.4, 0.5) is 0 Å². The minimum absolute atomic E-state index is 0.0321. The number of benzene rings is 1. The molecule has 1 aliphatic carbocycles. The SMILES string of the molecule is CC1(C)C(C=C(Cl)Cl)C1C(=O)OCc1ccc(CC=CCl)cc1. The highest BCUT2D eigenvalue weighted by atomic mass is 35.5. The Balaban J connectivity index is 1.89. The standard InChI is InChI=1S/C18H19Cl3O2/c1-18(2)14(10-15(20)21)16(18)17(22)23-11-13-7-5-12(6-8-13)4-3-9-19/h3,5-10,14,16H,4,11H2,1-2H3. The molecule has 2 nitrogen and oxygen atoms in total. The summed E-state index contributed by atoms with van der Waals surface area (Å²) in [6.45, 7) is 4.29. The predicted molar refractivity (Wildman–Crippen MR) is 95.5 cm³/mol. The third-order valence-electron chi connectivity index (χ3n) is 4.32. The van der Waals surface area contributed by atoms with Crippen molar-refractivity contribution in [3.8, 4) is 0 Å². The van der Waals surface area contributed by atoms with Gasteiger partial charge in [-0.05, 0) is 35.0 Å². The smallest absolute Gasteiger partial charge is 0.310 e. The van der Waals surface area contributed by atoms with Gasteiger partial charge >= 0.3 is 5.97 Å². The Morgan fingerprint density at radius 2 is 1.83 bits per heavy atom. The van der Waals surface area contributed by atoms with Crippen LogP contribution in [-0.4, -0.2) is 5.97 Å². The van der Waals surface area contributed by atoms with Crippen LogP contribution in [0, 0.1) is 17.3 Å². The number of carbonyl (C=O) groups is 1. The number of hydrogen-bond acceptors (Lipinski definition) is 2. The molecule has 2 rings (SSSR count). The van der Waals surface area contributed by atoms with Crippen molar-refractivity contribution in [1.29, 1.82) is 0 Å². The van der Waals surface area contributed by atoms with Crippen LogP contribution < -0.4 is 0 Å². The maximum absolute atomic E-state index is 12.2. The van der Waals surface area contributed by atoms with E-state index in [0.717, 1.165) is 17.5 Å². The van der Waals surface area contributed by atoms with Gasteiger partial charge in [-0.3, -0.25) is 4.79 Å². The van der Waals surface area contributed by atoms with Gasteiger partial charge in [0.05, 0.1) is 5.92 Å². The lowest BCUT2D eigenvalue weighted by molar-refractivity contribution is -0.147. The van der Waals surface area contributed by atoms with Crippen LogP contribution >= 0.6 is 34.8 Å². The summed E-state index contributed by atoms with van der Waals surface area (Å²) in [7, 11) is 0. The summed E-state index contributed by atoms with van der Waals surface area (Å²) < 4.78 is 5.63. The third kappa shape index (κ3) is 4.76. The minimum Gasteiger partial charge on any atom is -0.461 e. The second-order valence-corrected chi connectivity index (χ2v) is 7.53. The summed E-state index contributed by atoms with van der Waals surface area (Å²) in [6.07, 6.45) is 4.38. The molecule has 23 heavy (non-hydrogen) atoms. The first-order chi connectivity index (χ1) is 10.9. The Bertz CT molecular complexity index is 614. The minimum atomic E-state index is -0.208. The molecule has 124 valence electrons. The van der Waals surface area contributed by atoms with Gasteiger partial charge in [-0.2, -0.15) is 0 Å². The van der Waals surface area contributed by atoms with Gasteiger partial charge in [-0.25, -0.2) is 0 Å². The van der Waals surface area contributed by atoms with Crippen molar-refractivity contribution in [2.75, 3.05) is 0 Å². The van der Waals surface area contributed by atoms with Gasteiger partial charge in [0.1, 0.15) is 11.1 Å². The molecular weight excluding hydrogens is 355 g/mol. The topological polar surface area (TPSA) is 26.3 Å². The molecule has 0 spiro atoms. The van der Waals surface area contributed by atoms with Gasteiger partial charge in [-0.1, -0.05) is 79.0 Å². The fraction of sp³-hybridized carbons (Fsp3) is 0.389. The van der Waals surface area contributed by atoms with Crippen molar-refractivity contribution in [3.63, 3.8) is 0 Å². The van der Waals surface area contributed by atoms with Crippen molar-refractivity contribution in [1.82, 2.24) is 0 Å². The number of rotatable bonds is 6. The monoisotopic (exact) mass is 372 g/mol. The van der Waals surface area contributed by atoms with Crippen LogP contribution in [-0.2, 0) is 22.6 Å². The molecule has 0 radical (unpaired) electrons. The van der Waals surface area contributed by atoms with Crippen LogP contribution in [0.2, 0.25) is 0 Å². The normalized spacial score (nSPS) is 22.0. The zero-order valence-electron chi connectivity index (χ0n) is 13.1. The van der Waals surface area contributed by atoms with Crippen LogP contribution in [0.15, 0.2) is 46.4 Å². The van der Waals surface area contributed by atoms with Crippen molar-refractivity contribution in [2.45, 2.75) is 26.9 Å². The number of allylic oxidation sites excluding steroid dienone is 2. The summed E-state index contributed by atoms with van der Waals surface area (Å²) in [6, 6.07) is 7.91. The summed E-state index contributed by atoms with van der Waals surface area (Å²) >= 11 is 16.9. The highest BCUT2D eigenvalue weighted by Crippen LogP contribution is 2.60. The molecular formula is C18H19Cl3O2. The lowest BCUT2D eigenvalue weighted by Crippen LogP contribution is -2.10. The van der Waals surface area contributed by atoms with Crippen molar-refractivity contribution < 1.29 is 9.53 Å². The van der Waals surface area contributed by atoms with Gasteiger partial charge in [-0.15, -0.1) is 0 Å². The Morgan fingerprint density at radius 1 is 1.22 bits per heavy atom. The average Bonchev–Trinajstić information content (AvgIpc) is 3.03. The van der Waals surface area contributed by atoms with E-state index in [9.17, 15) is 4.79 Å². The van der Waals surface area contributed by atoms with E-state index in [1.165, 1.54) is 5.54 Å². The molecule has 2 atom stereocenters.